The number of carbonyl (C=O) groups excluding carboxylic acids is 1. The highest BCUT2D eigenvalue weighted by Crippen LogP contribution is 2.35. The number of anilines is 1. The average molecular weight is 450 g/mol. The molecule has 1 atom stereocenters. The van der Waals surface area contributed by atoms with Crippen LogP contribution < -0.4 is 20.3 Å². The minimum Gasteiger partial charge on any atom is -0.497 e. The summed E-state index contributed by atoms with van der Waals surface area (Å²) in [5.41, 5.74) is 2.02. The van der Waals surface area contributed by atoms with Crippen LogP contribution in [0.4, 0.5) is 5.69 Å². The average Bonchev–Trinajstić information content (AvgIpc) is 3.16. The molecule has 8 heteroatoms. The molecule has 1 unspecified atom stereocenters. The number of aryl methyl sites for hydroxylation is 1. The van der Waals surface area contributed by atoms with Crippen LogP contribution in [0.15, 0.2) is 59.7 Å². The zero-order valence-corrected chi connectivity index (χ0v) is 19.0. The topological polar surface area (TPSA) is 82.4 Å². The number of nitrogens with one attached hydrogen (secondary N) is 1. The maximum absolute atomic E-state index is 13.5. The SMILES string of the molecule is COc1ccc(OC)c(NC(=O)C(C)n2cnc3sc(C)c(-c4ccccc4)c3c2=O)c1. The molecule has 4 rings (SSSR count). The number of methoxy groups -OCH3 is 2. The lowest BCUT2D eigenvalue weighted by Crippen LogP contribution is -2.31. The van der Waals surface area contributed by atoms with E-state index >= 15 is 0 Å². The second-order valence-electron chi connectivity index (χ2n) is 7.27. The number of benzene rings is 2. The molecule has 0 aliphatic heterocycles. The van der Waals surface area contributed by atoms with Crippen molar-refractivity contribution in [1.82, 2.24) is 9.55 Å². The maximum Gasteiger partial charge on any atom is 0.263 e. The summed E-state index contributed by atoms with van der Waals surface area (Å²) in [7, 11) is 3.07. The number of amides is 1. The highest BCUT2D eigenvalue weighted by Gasteiger charge is 2.22. The highest BCUT2D eigenvalue weighted by molar-refractivity contribution is 7.19. The fourth-order valence-electron chi connectivity index (χ4n) is 3.62. The lowest BCUT2D eigenvalue weighted by Gasteiger charge is -2.17. The Bertz CT molecular complexity index is 1340. The standard InChI is InChI=1S/C24H23N3O4S/c1-14(22(28)26-18-12-17(30-3)10-11-19(18)31-4)27-13-25-23-21(24(27)29)20(15(2)32-23)16-8-6-5-7-9-16/h5-14H,1-4H3,(H,26,28). The zero-order valence-electron chi connectivity index (χ0n) is 18.2. The normalized spacial score (nSPS) is 11.9. The summed E-state index contributed by atoms with van der Waals surface area (Å²) in [6, 6.07) is 14.1. The Labute approximate surface area is 189 Å². The van der Waals surface area contributed by atoms with Gasteiger partial charge in [-0.2, -0.15) is 0 Å². The molecule has 0 aliphatic carbocycles. The number of rotatable bonds is 6. The second-order valence-corrected chi connectivity index (χ2v) is 8.47. The minimum atomic E-state index is -0.792. The van der Waals surface area contributed by atoms with E-state index in [0.29, 0.717) is 27.4 Å². The molecule has 32 heavy (non-hydrogen) atoms. The molecule has 0 spiro atoms. The van der Waals surface area contributed by atoms with Crippen molar-refractivity contribution in [3.63, 3.8) is 0 Å². The Kier molecular flexibility index (Phi) is 5.96. The first-order valence-electron chi connectivity index (χ1n) is 10.0. The summed E-state index contributed by atoms with van der Waals surface area (Å²) in [5.74, 6) is 0.704. The molecule has 0 aliphatic rings. The van der Waals surface area contributed by atoms with Gasteiger partial charge in [-0.25, -0.2) is 4.98 Å². The molecular weight excluding hydrogens is 426 g/mol. The first kappa shape index (κ1) is 21.6. The van der Waals surface area contributed by atoms with Gasteiger partial charge in [0, 0.05) is 16.5 Å². The quantitative estimate of drug-likeness (QED) is 0.463. The summed E-state index contributed by atoms with van der Waals surface area (Å²) >= 11 is 1.47. The molecule has 7 nitrogen and oxygen atoms in total. The van der Waals surface area contributed by atoms with Crippen LogP contribution in [0.2, 0.25) is 0 Å². The monoisotopic (exact) mass is 449 g/mol. The number of thiophene rings is 1. The molecule has 0 bridgehead atoms. The molecule has 1 amide bonds. The zero-order chi connectivity index (χ0) is 22.8. The van der Waals surface area contributed by atoms with Crippen molar-refractivity contribution >= 4 is 33.1 Å². The number of hydrogen-bond donors (Lipinski definition) is 1. The van der Waals surface area contributed by atoms with Gasteiger partial charge in [-0.15, -0.1) is 11.3 Å². The number of hydrogen-bond acceptors (Lipinski definition) is 6. The Morgan fingerprint density at radius 1 is 1.12 bits per heavy atom. The van der Waals surface area contributed by atoms with Crippen molar-refractivity contribution in [1.29, 1.82) is 0 Å². The van der Waals surface area contributed by atoms with Crippen molar-refractivity contribution in [2.45, 2.75) is 19.9 Å². The Morgan fingerprint density at radius 3 is 2.56 bits per heavy atom. The molecule has 0 saturated carbocycles. The number of aromatic nitrogens is 2. The first-order chi connectivity index (χ1) is 15.4. The first-order valence-corrected chi connectivity index (χ1v) is 10.8. The van der Waals surface area contributed by atoms with E-state index in [1.54, 1.807) is 32.2 Å². The molecule has 2 aromatic carbocycles. The van der Waals surface area contributed by atoms with E-state index in [0.717, 1.165) is 16.0 Å². The van der Waals surface area contributed by atoms with Gasteiger partial charge >= 0.3 is 0 Å². The van der Waals surface area contributed by atoms with Gasteiger partial charge in [-0.3, -0.25) is 14.2 Å². The van der Waals surface area contributed by atoms with Crippen molar-refractivity contribution < 1.29 is 14.3 Å². The van der Waals surface area contributed by atoms with Crippen molar-refractivity contribution in [2.24, 2.45) is 0 Å². The second kappa shape index (κ2) is 8.84. The molecule has 2 aromatic heterocycles. The third kappa shape index (κ3) is 3.85. The van der Waals surface area contributed by atoms with Gasteiger partial charge in [0.05, 0.1) is 31.6 Å². The summed E-state index contributed by atoms with van der Waals surface area (Å²) in [6.45, 7) is 3.64. The molecule has 0 radical (unpaired) electrons. The van der Waals surface area contributed by atoms with Gasteiger partial charge in [-0.1, -0.05) is 30.3 Å². The number of ether oxygens (including phenoxy) is 2. The van der Waals surface area contributed by atoms with E-state index in [9.17, 15) is 9.59 Å². The molecule has 164 valence electrons. The Morgan fingerprint density at radius 2 is 1.88 bits per heavy atom. The fraction of sp³-hybridized carbons (Fsp3) is 0.208. The molecular formula is C24H23N3O4S. The highest BCUT2D eigenvalue weighted by atomic mass is 32.1. The van der Waals surface area contributed by atoms with Gasteiger partial charge < -0.3 is 14.8 Å². The predicted molar refractivity (Wildman–Crippen MR) is 127 cm³/mol. The van der Waals surface area contributed by atoms with E-state index in [1.807, 2.05) is 37.3 Å². The Balaban J connectivity index is 1.73. The Hall–Kier alpha value is -3.65. The van der Waals surface area contributed by atoms with Crippen LogP contribution >= 0.6 is 11.3 Å². The summed E-state index contributed by atoms with van der Waals surface area (Å²) in [6.07, 6.45) is 1.43. The third-order valence-corrected chi connectivity index (χ3v) is 6.35. The number of nitrogens with zero attached hydrogens (tertiary/aromatic N) is 2. The van der Waals surface area contributed by atoms with Crippen LogP contribution in [0.25, 0.3) is 21.3 Å². The summed E-state index contributed by atoms with van der Waals surface area (Å²) < 4.78 is 11.9. The van der Waals surface area contributed by atoms with Crippen molar-refractivity contribution in [2.75, 3.05) is 19.5 Å². The number of carbonyl (C=O) groups is 1. The van der Waals surface area contributed by atoms with Crippen LogP contribution in [-0.2, 0) is 4.79 Å². The molecule has 0 fully saturated rings. The van der Waals surface area contributed by atoms with Gasteiger partial charge in [0.15, 0.2) is 0 Å². The van der Waals surface area contributed by atoms with E-state index in [2.05, 4.69) is 10.3 Å². The van der Waals surface area contributed by atoms with Crippen LogP contribution in [0, 0.1) is 6.92 Å². The molecule has 1 N–H and O–H groups in total. The number of fused-ring (bicyclic) bond motifs is 1. The van der Waals surface area contributed by atoms with Gasteiger partial charge in [0.25, 0.3) is 5.56 Å². The van der Waals surface area contributed by atoms with Gasteiger partial charge in [0.1, 0.15) is 22.4 Å². The molecule has 0 saturated heterocycles. The lowest BCUT2D eigenvalue weighted by molar-refractivity contribution is -0.118. The van der Waals surface area contributed by atoms with Crippen LogP contribution in [0.3, 0.4) is 0 Å². The van der Waals surface area contributed by atoms with E-state index in [-0.39, 0.29) is 11.5 Å². The molecule has 2 heterocycles. The van der Waals surface area contributed by atoms with Crippen LogP contribution in [0.5, 0.6) is 11.5 Å². The van der Waals surface area contributed by atoms with E-state index in [1.165, 1.54) is 29.3 Å². The van der Waals surface area contributed by atoms with Gasteiger partial charge in [0.2, 0.25) is 5.91 Å². The summed E-state index contributed by atoms with van der Waals surface area (Å²) in [4.78, 5) is 32.6. The third-order valence-electron chi connectivity index (χ3n) is 5.34. The largest absolute Gasteiger partial charge is 0.497 e. The van der Waals surface area contributed by atoms with E-state index < -0.39 is 6.04 Å². The van der Waals surface area contributed by atoms with Crippen LogP contribution in [0.1, 0.15) is 17.8 Å². The van der Waals surface area contributed by atoms with Gasteiger partial charge in [-0.05, 0) is 31.5 Å². The van der Waals surface area contributed by atoms with Crippen molar-refractivity contribution in [3.05, 3.63) is 70.1 Å². The maximum atomic E-state index is 13.5. The minimum absolute atomic E-state index is 0.251. The predicted octanol–water partition coefficient (Wildman–Crippen LogP) is 4.65. The van der Waals surface area contributed by atoms with Crippen LogP contribution in [-0.4, -0.2) is 29.7 Å². The molecule has 4 aromatic rings. The lowest BCUT2D eigenvalue weighted by atomic mass is 10.0. The fourth-order valence-corrected chi connectivity index (χ4v) is 4.62. The van der Waals surface area contributed by atoms with Crippen molar-refractivity contribution in [3.8, 4) is 22.6 Å². The smallest absolute Gasteiger partial charge is 0.263 e. The summed E-state index contributed by atoms with van der Waals surface area (Å²) in [5, 5.41) is 3.36. The van der Waals surface area contributed by atoms with E-state index in [4.69, 9.17) is 9.47 Å².